The molecule has 0 saturated heterocycles. The average molecular weight is 271 g/mol. The number of rotatable bonds is 4. The monoisotopic (exact) mass is 270 g/mol. The highest BCUT2D eigenvalue weighted by molar-refractivity contribution is 7.15. The maximum absolute atomic E-state index is 13.7. The Hall–Kier alpha value is -1.13. The number of benzene rings is 1. The normalized spacial score (nSPS) is 10.5. The van der Waals surface area contributed by atoms with E-state index in [1.807, 2.05) is 17.9 Å². The molecule has 0 radical (unpaired) electrons. The number of halogens is 2. The molecule has 90 valence electrons. The van der Waals surface area contributed by atoms with E-state index in [0.29, 0.717) is 16.7 Å². The van der Waals surface area contributed by atoms with Gasteiger partial charge in [-0.15, -0.1) is 11.3 Å². The Morgan fingerprint density at radius 2 is 2.18 bits per heavy atom. The summed E-state index contributed by atoms with van der Waals surface area (Å²) in [6.07, 6.45) is 1.73. The molecule has 0 aliphatic rings. The summed E-state index contributed by atoms with van der Waals surface area (Å²) in [6, 6.07) is 6.77. The van der Waals surface area contributed by atoms with E-state index in [-0.39, 0.29) is 5.82 Å². The van der Waals surface area contributed by atoms with E-state index in [9.17, 15) is 4.39 Å². The first kappa shape index (κ1) is 12.3. The molecule has 1 heterocycles. The molecule has 0 atom stereocenters. The fourth-order valence-corrected chi connectivity index (χ4v) is 2.61. The third kappa shape index (κ3) is 2.96. The van der Waals surface area contributed by atoms with Crippen molar-refractivity contribution in [3.05, 3.63) is 45.6 Å². The van der Waals surface area contributed by atoms with Crippen LogP contribution in [-0.4, -0.2) is 11.5 Å². The SMILES string of the molecule is CCN(Cc1cnc(Cl)s1)c1ccccc1F. The molecule has 0 aliphatic heterocycles. The second-order valence-electron chi connectivity index (χ2n) is 3.55. The minimum absolute atomic E-state index is 0.204. The topological polar surface area (TPSA) is 16.1 Å². The lowest BCUT2D eigenvalue weighted by Crippen LogP contribution is -2.22. The van der Waals surface area contributed by atoms with Crippen molar-refractivity contribution < 1.29 is 4.39 Å². The molecule has 1 aromatic heterocycles. The Morgan fingerprint density at radius 3 is 2.76 bits per heavy atom. The third-order valence-corrected chi connectivity index (χ3v) is 3.55. The van der Waals surface area contributed by atoms with Gasteiger partial charge in [-0.25, -0.2) is 9.37 Å². The van der Waals surface area contributed by atoms with Gasteiger partial charge in [0.25, 0.3) is 0 Å². The van der Waals surface area contributed by atoms with Gasteiger partial charge in [0, 0.05) is 17.6 Å². The Balaban J connectivity index is 2.20. The van der Waals surface area contributed by atoms with Crippen molar-refractivity contribution in [2.24, 2.45) is 0 Å². The molecule has 2 aromatic rings. The molecule has 0 N–H and O–H groups in total. The van der Waals surface area contributed by atoms with Crippen LogP contribution < -0.4 is 4.90 Å². The first-order valence-electron chi connectivity index (χ1n) is 5.30. The Morgan fingerprint density at radius 1 is 1.41 bits per heavy atom. The second-order valence-corrected chi connectivity index (χ2v) is 5.24. The van der Waals surface area contributed by atoms with Crippen molar-refractivity contribution in [1.29, 1.82) is 0 Å². The van der Waals surface area contributed by atoms with Crippen LogP contribution >= 0.6 is 22.9 Å². The number of hydrogen-bond donors (Lipinski definition) is 0. The predicted molar refractivity (Wildman–Crippen MR) is 70.2 cm³/mol. The highest BCUT2D eigenvalue weighted by Gasteiger charge is 2.11. The zero-order valence-corrected chi connectivity index (χ0v) is 10.9. The van der Waals surface area contributed by atoms with Crippen molar-refractivity contribution in [3.8, 4) is 0 Å². The van der Waals surface area contributed by atoms with Crippen LogP contribution in [0.25, 0.3) is 0 Å². The van der Waals surface area contributed by atoms with E-state index in [1.165, 1.54) is 17.4 Å². The minimum Gasteiger partial charge on any atom is -0.364 e. The largest absolute Gasteiger partial charge is 0.364 e. The van der Waals surface area contributed by atoms with Gasteiger partial charge in [-0.1, -0.05) is 23.7 Å². The van der Waals surface area contributed by atoms with Crippen LogP contribution in [0, 0.1) is 5.82 Å². The van der Waals surface area contributed by atoms with E-state index in [1.54, 1.807) is 18.3 Å². The lowest BCUT2D eigenvalue weighted by Gasteiger charge is -2.22. The summed E-state index contributed by atoms with van der Waals surface area (Å²) in [5.41, 5.74) is 0.611. The van der Waals surface area contributed by atoms with E-state index < -0.39 is 0 Å². The van der Waals surface area contributed by atoms with Crippen molar-refractivity contribution >= 4 is 28.6 Å². The number of anilines is 1. The minimum atomic E-state index is -0.204. The van der Waals surface area contributed by atoms with E-state index in [4.69, 9.17) is 11.6 Å². The molecule has 0 unspecified atom stereocenters. The lowest BCUT2D eigenvalue weighted by molar-refractivity contribution is 0.618. The van der Waals surface area contributed by atoms with Crippen LogP contribution in [-0.2, 0) is 6.54 Å². The summed E-state index contributed by atoms with van der Waals surface area (Å²) >= 11 is 7.20. The Kier molecular flexibility index (Phi) is 3.97. The first-order chi connectivity index (χ1) is 8.20. The van der Waals surface area contributed by atoms with Crippen molar-refractivity contribution in [2.75, 3.05) is 11.4 Å². The molecule has 2 nitrogen and oxygen atoms in total. The number of para-hydroxylation sites is 1. The van der Waals surface area contributed by atoms with Crippen molar-refractivity contribution in [1.82, 2.24) is 4.98 Å². The average Bonchev–Trinajstić information content (AvgIpc) is 2.73. The molecular formula is C12H12ClFN2S. The summed E-state index contributed by atoms with van der Waals surface area (Å²) in [4.78, 5) is 6.97. The smallest absolute Gasteiger partial charge is 0.183 e. The first-order valence-corrected chi connectivity index (χ1v) is 6.50. The zero-order chi connectivity index (χ0) is 12.3. The van der Waals surface area contributed by atoms with Gasteiger partial charge in [-0.05, 0) is 19.1 Å². The maximum Gasteiger partial charge on any atom is 0.183 e. The molecule has 0 spiro atoms. The maximum atomic E-state index is 13.7. The lowest BCUT2D eigenvalue weighted by atomic mass is 10.2. The van der Waals surface area contributed by atoms with Gasteiger partial charge in [0.1, 0.15) is 5.82 Å². The van der Waals surface area contributed by atoms with Crippen LogP contribution in [0.3, 0.4) is 0 Å². The van der Waals surface area contributed by atoms with Crippen LogP contribution in [0.4, 0.5) is 10.1 Å². The molecule has 17 heavy (non-hydrogen) atoms. The summed E-state index contributed by atoms with van der Waals surface area (Å²) in [6.45, 7) is 3.35. The second kappa shape index (κ2) is 5.47. The molecule has 0 amide bonds. The van der Waals surface area contributed by atoms with Crippen LogP contribution in [0.2, 0.25) is 4.47 Å². The molecule has 5 heteroatoms. The van der Waals surface area contributed by atoms with Crippen molar-refractivity contribution in [2.45, 2.75) is 13.5 Å². The zero-order valence-electron chi connectivity index (χ0n) is 9.36. The van der Waals surface area contributed by atoms with Gasteiger partial charge in [0.15, 0.2) is 4.47 Å². The molecule has 0 fully saturated rings. The summed E-state index contributed by atoms with van der Waals surface area (Å²) < 4.78 is 14.2. The van der Waals surface area contributed by atoms with Crippen LogP contribution in [0.15, 0.2) is 30.5 Å². The van der Waals surface area contributed by atoms with Gasteiger partial charge in [-0.3, -0.25) is 0 Å². The summed E-state index contributed by atoms with van der Waals surface area (Å²) in [5.74, 6) is -0.204. The van der Waals surface area contributed by atoms with E-state index >= 15 is 0 Å². The van der Waals surface area contributed by atoms with Gasteiger partial charge >= 0.3 is 0 Å². The number of nitrogens with zero attached hydrogens (tertiary/aromatic N) is 2. The summed E-state index contributed by atoms with van der Waals surface area (Å²) in [5, 5.41) is 0. The van der Waals surface area contributed by atoms with Crippen LogP contribution in [0.5, 0.6) is 0 Å². The highest BCUT2D eigenvalue weighted by Crippen LogP contribution is 2.24. The van der Waals surface area contributed by atoms with Gasteiger partial charge < -0.3 is 4.90 Å². The highest BCUT2D eigenvalue weighted by atomic mass is 35.5. The van der Waals surface area contributed by atoms with E-state index in [2.05, 4.69) is 4.98 Å². The fourth-order valence-electron chi connectivity index (χ4n) is 1.62. The van der Waals surface area contributed by atoms with E-state index in [0.717, 1.165) is 11.4 Å². The number of aromatic nitrogens is 1. The Labute approximate surface area is 109 Å². The quantitative estimate of drug-likeness (QED) is 0.836. The molecule has 0 saturated carbocycles. The third-order valence-electron chi connectivity index (χ3n) is 2.45. The van der Waals surface area contributed by atoms with Crippen molar-refractivity contribution in [3.63, 3.8) is 0 Å². The predicted octanol–water partition coefficient (Wildman–Crippen LogP) is 3.96. The molecule has 0 bridgehead atoms. The van der Waals surface area contributed by atoms with Gasteiger partial charge in [0.2, 0.25) is 0 Å². The van der Waals surface area contributed by atoms with Gasteiger partial charge in [-0.2, -0.15) is 0 Å². The molecule has 2 rings (SSSR count). The number of hydrogen-bond acceptors (Lipinski definition) is 3. The molecule has 0 aliphatic carbocycles. The van der Waals surface area contributed by atoms with Gasteiger partial charge in [0.05, 0.1) is 12.2 Å². The molecule has 1 aromatic carbocycles. The van der Waals surface area contributed by atoms with Crippen LogP contribution in [0.1, 0.15) is 11.8 Å². The fraction of sp³-hybridized carbons (Fsp3) is 0.250. The number of thiazole rings is 1. The standard InChI is InChI=1S/C12H12ClFN2S/c1-2-16(8-9-7-15-12(13)17-9)11-6-4-3-5-10(11)14/h3-7H,2,8H2,1H3. The molecular weight excluding hydrogens is 259 g/mol. The Bertz CT molecular complexity index is 501. The summed E-state index contributed by atoms with van der Waals surface area (Å²) in [7, 11) is 0.